The number of fused-ring (bicyclic) bond motifs is 12. The molecule has 65 heavy (non-hydrogen) atoms. The minimum atomic E-state index is -4.88. The molecule has 0 aliphatic carbocycles. The summed E-state index contributed by atoms with van der Waals surface area (Å²) in [6.07, 6.45) is 2.49. The Bertz CT molecular complexity index is 4380. The molecule has 0 saturated heterocycles. The van der Waals surface area contributed by atoms with E-state index in [1.54, 1.807) is 53.2 Å². The molecule has 4 N–H and O–H groups in total. The first-order valence-corrected chi connectivity index (χ1v) is 24.8. The van der Waals surface area contributed by atoms with Gasteiger partial charge in [0.1, 0.15) is 36.8 Å². The lowest BCUT2D eigenvalue weighted by Crippen LogP contribution is -2.03. The highest BCUT2D eigenvalue weighted by molar-refractivity contribution is 7.86. The van der Waals surface area contributed by atoms with E-state index in [1.165, 1.54) is 70.1 Å². The maximum Gasteiger partial charge on any atom is 0.295 e. The predicted octanol–water partition coefficient (Wildman–Crippen LogP) is 7.34. The van der Waals surface area contributed by atoms with Crippen molar-refractivity contribution in [1.82, 2.24) is 28.1 Å². The van der Waals surface area contributed by atoms with Crippen LogP contribution in [0.25, 0.3) is 67.1 Å². The average Bonchev–Trinajstić information content (AvgIpc) is 4.10. The quantitative estimate of drug-likeness (QED) is 0.0596. The lowest BCUT2D eigenvalue weighted by Gasteiger charge is -2.07. The molecule has 0 saturated carbocycles. The van der Waals surface area contributed by atoms with Crippen molar-refractivity contribution in [1.29, 1.82) is 0 Å². The van der Waals surface area contributed by atoms with E-state index < -0.39 is 50.3 Å². The number of aryl methyl sites for hydroxylation is 1. The Morgan fingerprint density at radius 3 is 1.71 bits per heavy atom. The first-order valence-electron chi connectivity index (χ1n) is 19.0. The summed E-state index contributed by atoms with van der Waals surface area (Å²) in [4.78, 5) is 1.81. The first kappa shape index (κ1) is 40.6. The summed E-state index contributed by atoms with van der Waals surface area (Å²) in [5, 5.41) is 10.7. The molecule has 0 bridgehead atoms. The van der Waals surface area contributed by atoms with Crippen LogP contribution < -0.4 is 0 Å². The van der Waals surface area contributed by atoms with Crippen LogP contribution in [0, 0.1) is 6.92 Å². The molecule has 0 fully saturated rings. The Balaban J connectivity index is 0.871. The van der Waals surface area contributed by atoms with Crippen molar-refractivity contribution in [2.75, 3.05) is 0 Å². The van der Waals surface area contributed by atoms with Gasteiger partial charge < -0.3 is 0 Å². The second kappa shape index (κ2) is 13.4. The van der Waals surface area contributed by atoms with Crippen LogP contribution in [0.5, 0.6) is 0 Å². The van der Waals surface area contributed by atoms with Crippen LogP contribution in [0.1, 0.15) is 16.7 Å². The highest BCUT2D eigenvalue weighted by Gasteiger charge is 2.31. The number of rotatable bonds is 10. The Labute approximate surface area is 365 Å². The molecule has 11 rings (SSSR count). The molecular weight excluding hydrogens is 925 g/mol. The van der Waals surface area contributed by atoms with Gasteiger partial charge in [0.25, 0.3) is 40.5 Å². The Hall–Kier alpha value is -7.16. The third kappa shape index (κ3) is 6.45. The molecule has 0 unspecified atom stereocenters. The highest BCUT2D eigenvalue weighted by atomic mass is 32.2. The van der Waals surface area contributed by atoms with Crippen LogP contribution in [-0.4, -0.2) is 80.0 Å². The Morgan fingerprint density at radius 2 is 1.06 bits per heavy atom. The van der Waals surface area contributed by atoms with Crippen LogP contribution in [0.15, 0.2) is 145 Å². The minimum Gasteiger partial charge on any atom is -0.282 e. The fourth-order valence-electron chi connectivity index (χ4n) is 8.21. The van der Waals surface area contributed by atoms with Crippen LogP contribution in [0.3, 0.4) is 0 Å². The van der Waals surface area contributed by atoms with Crippen LogP contribution in [-0.2, 0) is 40.5 Å². The molecule has 0 aliphatic heterocycles. The lowest BCUT2D eigenvalue weighted by molar-refractivity contribution is 0.480. The van der Waals surface area contributed by atoms with Crippen molar-refractivity contribution in [2.24, 2.45) is 10.2 Å². The molecule has 20 nitrogen and oxygen atoms in total. The van der Waals surface area contributed by atoms with E-state index in [1.807, 2.05) is 33.1 Å². The van der Waals surface area contributed by atoms with E-state index in [-0.39, 0.29) is 37.7 Å². The smallest absolute Gasteiger partial charge is 0.282 e. The molecule has 24 heteroatoms. The monoisotopic (exact) mass is 952 g/mol. The summed E-state index contributed by atoms with van der Waals surface area (Å²) in [5.41, 5.74) is 4.96. The van der Waals surface area contributed by atoms with Crippen molar-refractivity contribution in [2.45, 2.75) is 26.5 Å². The van der Waals surface area contributed by atoms with Gasteiger partial charge >= 0.3 is 0 Å². The van der Waals surface area contributed by atoms with E-state index in [0.717, 1.165) is 28.2 Å². The van der Waals surface area contributed by atoms with Gasteiger partial charge in [-0.05, 0) is 95.7 Å². The average molecular weight is 953 g/mol. The van der Waals surface area contributed by atoms with E-state index in [9.17, 15) is 51.9 Å². The number of nitrogens with zero attached hydrogens (tertiary/aromatic N) is 8. The van der Waals surface area contributed by atoms with Gasteiger partial charge in [0, 0.05) is 16.2 Å². The number of aromatic nitrogens is 6. The first-order chi connectivity index (χ1) is 30.7. The maximum atomic E-state index is 12.7. The van der Waals surface area contributed by atoms with Gasteiger partial charge in [-0.15, -0.1) is 18.5 Å². The number of azo groups is 1. The summed E-state index contributed by atoms with van der Waals surface area (Å²) in [6, 6.07) is 29.2. The van der Waals surface area contributed by atoms with Crippen LogP contribution in [0.4, 0.5) is 11.4 Å². The van der Waals surface area contributed by atoms with Crippen molar-refractivity contribution in [3.8, 4) is 11.4 Å². The maximum absolute atomic E-state index is 12.7. The third-order valence-corrected chi connectivity index (χ3v) is 14.8. The summed E-state index contributed by atoms with van der Waals surface area (Å²) >= 11 is 0. The van der Waals surface area contributed by atoms with Crippen molar-refractivity contribution in [3.63, 3.8) is 0 Å². The van der Waals surface area contributed by atoms with Crippen LogP contribution >= 0.6 is 0 Å². The van der Waals surface area contributed by atoms with Gasteiger partial charge in [0.05, 0.1) is 27.6 Å². The van der Waals surface area contributed by atoms with Gasteiger partial charge in [0.15, 0.2) is 0 Å². The Morgan fingerprint density at radius 1 is 0.477 bits per heavy atom. The van der Waals surface area contributed by atoms with Gasteiger partial charge in [0.2, 0.25) is 0 Å². The lowest BCUT2D eigenvalue weighted by atomic mass is 10.1. The van der Waals surface area contributed by atoms with Crippen molar-refractivity contribution < 1.29 is 51.9 Å². The van der Waals surface area contributed by atoms with Crippen LogP contribution in [0.2, 0.25) is 0 Å². The van der Waals surface area contributed by atoms with E-state index in [2.05, 4.69) is 10.2 Å². The number of benzene rings is 7. The molecule has 4 aromatic heterocycles. The molecule has 0 radical (unpaired) electrons. The zero-order chi connectivity index (χ0) is 45.7. The second-order valence-electron chi connectivity index (χ2n) is 15.2. The molecule has 0 atom stereocenters. The van der Waals surface area contributed by atoms with Gasteiger partial charge in [-0.25, -0.2) is 0 Å². The van der Waals surface area contributed by atoms with E-state index >= 15 is 0 Å². The fourth-order valence-corrected chi connectivity index (χ4v) is 10.9. The largest absolute Gasteiger partial charge is 0.295 e. The zero-order valence-electron chi connectivity index (χ0n) is 32.9. The SMILES string of the molecule is Cc1cc(-n2n3c4ccc5cc(S(=O)(=O)O)ccc5c4n23)ccc1N=Nc1ccc(/C=C\c2ccc(-n3n4c5cc(S(=O)(=O)O)c6ccccc6c5n34)cc2S(=O)(=O)O)c(S(=O)(=O)O)c1. The standard InChI is InChI=1S/C41H28N8O12S4/c1-23-18-28(44-46-35-17-10-26-19-30(62(50,51)52)14-15-31(26)40(35)48(44)46)13-16-34(23)43-42-27-11-8-24(37(20-27)63(53,54)55)6-7-25-9-12-29(21-38(25)64(56,57)58)45-47-36-22-39(65(59,60)61)32-4-2-3-5-33(32)41(36)49(45)47/h2-22H,1H3,(H,50,51,52)(H,53,54,55)(H,56,57,58)(H,59,60,61)/b7-6-,43-42?. The topological polar surface area (TPSA) is 270 Å². The summed E-state index contributed by atoms with van der Waals surface area (Å²) in [7, 11) is -18.7. The van der Waals surface area contributed by atoms with Gasteiger partial charge in [-0.3, -0.25) is 18.2 Å². The molecule has 7 aromatic carbocycles. The summed E-state index contributed by atoms with van der Waals surface area (Å²) in [6.45, 7) is 1.81. The molecular formula is C41H28N8O12S4. The van der Waals surface area contributed by atoms with E-state index in [4.69, 9.17) is 0 Å². The van der Waals surface area contributed by atoms with Gasteiger partial charge in [-0.1, -0.05) is 60.7 Å². The predicted molar refractivity (Wildman–Crippen MR) is 236 cm³/mol. The summed E-state index contributed by atoms with van der Waals surface area (Å²) in [5.74, 6) is 0. The second-order valence-corrected chi connectivity index (χ2v) is 20.8. The van der Waals surface area contributed by atoms with Crippen molar-refractivity contribution in [3.05, 3.63) is 132 Å². The highest BCUT2D eigenvalue weighted by Crippen LogP contribution is 2.38. The number of hydrogen-bond acceptors (Lipinski definition) is 10. The molecule has 4 heterocycles. The molecule has 11 aromatic rings. The molecule has 0 spiro atoms. The normalized spacial score (nSPS) is 13.7. The minimum absolute atomic E-state index is 0.0355. The molecule has 0 aliphatic rings. The number of hydrogen-bond donors (Lipinski definition) is 4. The fraction of sp³-hybridized carbons (Fsp3) is 0.0244. The summed E-state index contributed by atoms with van der Waals surface area (Å²) < 4.78 is 145. The third-order valence-electron chi connectivity index (χ3n) is 11.2. The Kier molecular flexibility index (Phi) is 8.39. The zero-order valence-corrected chi connectivity index (χ0v) is 36.2. The molecule has 328 valence electrons. The van der Waals surface area contributed by atoms with Gasteiger partial charge in [-0.2, -0.15) is 53.5 Å². The molecule has 0 amide bonds. The van der Waals surface area contributed by atoms with Crippen molar-refractivity contribution >= 4 is 108 Å². The van der Waals surface area contributed by atoms with E-state index in [0.29, 0.717) is 33.1 Å².